The highest BCUT2D eigenvalue weighted by atomic mass is 32.2. The molecule has 0 saturated heterocycles. The van der Waals surface area contributed by atoms with Crippen LogP contribution in [0.1, 0.15) is 68.8 Å². The molecule has 1 fully saturated rings. The van der Waals surface area contributed by atoms with Crippen molar-refractivity contribution in [1.29, 1.82) is 0 Å². The lowest BCUT2D eigenvalue weighted by atomic mass is 9.70. The van der Waals surface area contributed by atoms with Crippen molar-refractivity contribution in [3.63, 3.8) is 0 Å². The third-order valence-corrected chi connectivity index (χ3v) is 8.89. The van der Waals surface area contributed by atoms with Crippen LogP contribution in [-0.4, -0.2) is 41.1 Å². The molecule has 0 unspecified atom stereocenters. The van der Waals surface area contributed by atoms with E-state index in [0.29, 0.717) is 17.9 Å². The number of halogens is 1. The molecule has 11 heteroatoms. The van der Waals surface area contributed by atoms with Gasteiger partial charge in [-0.3, -0.25) is 9.52 Å². The molecule has 196 valence electrons. The Morgan fingerprint density at radius 2 is 1.67 bits per heavy atom. The number of hydrogen-bond acceptors (Lipinski definition) is 5. The molecule has 1 aliphatic carbocycles. The number of carbonyl (C=O) groups excluding carboxylic acids is 1. The number of sulfonamides is 2. The number of benzene rings is 2. The fourth-order valence-electron chi connectivity index (χ4n) is 5.24. The number of nitrogens with one attached hydrogen (secondary N) is 2. The van der Waals surface area contributed by atoms with Crippen molar-refractivity contribution in [2.75, 3.05) is 22.4 Å². The fraction of sp³-hybridized carbons (Fsp3) is 0.480. The molecule has 36 heavy (non-hydrogen) atoms. The standard InChI is InChI=1S/C25H32FN3O5S2/c1-24(2,3)28-36(33,34)20-13-17(12-18(26)14-20)23(30)29-16-25(10-6-5-7-11-25)21-15-19(8-9-22(21)29)27-35(4,31)32/h8-9,12-15,27-28H,5-7,10-11,16H2,1-4H3. The summed E-state index contributed by atoms with van der Waals surface area (Å²) in [5, 5.41) is 0. The molecule has 1 saturated carbocycles. The Morgan fingerprint density at radius 1 is 1.00 bits per heavy atom. The van der Waals surface area contributed by atoms with Gasteiger partial charge in [-0.15, -0.1) is 0 Å². The van der Waals surface area contributed by atoms with E-state index in [2.05, 4.69) is 9.44 Å². The number of carbonyl (C=O) groups is 1. The van der Waals surface area contributed by atoms with Crippen LogP contribution in [0.5, 0.6) is 0 Å². The van der Waals surface area contributed by atoms with Crippen LogP contribution in [0, 0.1) is 5.82 Å². The largest absolute Gasteiger partial charge is 0.307 e. The Morgan fingerprint density at radius 3 is 2.28 bits per heavy atom. The summed E-state index contributed by atoms with van der Waals surface area (Å²) in [5.74, 6) is -1.33. The van der Waals surface area contributed by atoms with Crippen LogP contribution >= 0.6 is 0 Å². The highest BCUT2D eigenvalue weighted by molar-refractivity contribution is 7.92. The van der Waals surface area contributed by atoms with Crippen LogP contribution in [0.2, 0.25) is 0 Å². The predicted octanol–water partition coefficient (Wildman–Crippen LogP) is 4.14. The second kappa shape index (κ2) is 9.11. The summed E-state index contributed by atoms with van der Waals surface area (Å²) >= 11 is 0. The van der Waals surface area contributed by atoms with Gasteiger partial charge in [-0.2, -0.15) is 0 Å². The molecule has 1 aliphatic heterocycles. The van der Waals surface area contributed by atoms with E-state index in [1.165, 1.54) is 6.07 Å². The lowest BCUT2D eigenvalue weighted by Gasteiger charge is -2.34. The van der Waals surface area contributed by atoms with E-state index in [0.717, 1.165) is 56.1 Å². The number of amides is 1. The first-order chi connectivity index (χ1) is 16.6. The Bertz CT molecular complexity index is 1410. The Kier molecular flexibility index (Phi) is 6.72. The van der Waals surface area contributed by atoms with Gasteiger partial charge in [-0.05, 0) is 75.6 Å². The molecular formula is C25H32FN3O5S2. The van der Waals surface area contributed by atoms with Crippen molar-refractivity contribution in [3.05, 3.63) is 53.3 Å². The molecule has 8 nitrogen and oxygen atoms in total. The molecule has 0 aromatic heterocycles. The molecule has 2 aromatic rings. The maximum Gasteiger partial charge on any atom is 0.258 e. The quantitative estimate of drug-likeness (QED) is 0.595. The molecule has 2 aromatic carbocycles. The van der Waals surface area contributed by atoms with E-state index < -0.39 is 37.3 Å². The van der Waals surface area contributed by atoms with E-state index in [-0.39, 0.29) is 15.9 Å². The Balaban J connectivity index is 1.75. The Hall–Kier alpha value is -2.50. The number of fused-ring (bicyclic) bond motifs is 2. The van der Waals surface area contributed by atoms with E-state index in [1.54, 1.807) is 43.9 Å². The van der Waals surface area contributed by atoms with Gasteiger partial charge >= 0.3 is 0 Å². The summed E-state index contributed by atoms with van der Waals surface area (Å²) in [6.45, 7) is 5.39. The minimum atomic E-state index is -4.06. The number of rotatable bonds is 5. The van der Waals surface area contributed by atoms with Gasteiger partial charge in [-0.1, -0.05) is 19.3 Å². The van der Waals surface area contributed by atoms with Gasteiger partial charge in [-0.25, -0.2) is 25.9 Å². The Labute approximate surface area is 212 Å². The second-order valence-corrected chi connectivity index (χ2v) is 14.3. The van der Waals surface area contributed by atoms with Crippen molar-refractivity contribution in [3.8, 4) is 0 Å². The monoisotopic (exact) mass is 537 g/mol. The van der Waals surface area contributed by atoms with Crippen LogP contribution < -0.4 is 14.3 Å². The van der Waals surface area contributed by atoms with E-state index >= 15 is 0 Å². The first-order valence-electron chi connectivity index (χ1n) is 11.9. The van der Waals surface area contributed by atoms with Crippen molar-refractivity contribution in [2.45, 2.75) is 68.7 Å². The molecule has 0 bridgehead atoms. The summed E-state index contributed by atoms with van der Waals surface area (Å²) in [4.78, 5) is 14.9. The summed E-state index contributed by atoms with van der Waals surface area (Å²) < 4.78 is 68.8. The third-order valence-electron chi connectivity index (χ3n) is 6.55. The molecule has 2 aliphatic rings. The molecule has 2 N–H and O–H groups in total. The first-order valence-corrected chi connectivity index (χ1v) is 15.2. The topological polar surface area (TPSA) is 113 Å². The van der Waals surface area contributed by atoms with Gasteiger partial charge in [0.15, 0.2) is 0 Å². The SMILES string of the molecule is CC(C)(C)NS(=O)(=O)c1cc(F)cc(C(=O)N2CC3(CCCCC3)c3cc(NS(C)(=O)=O)ccc32)c1. The molecule has 0 atom stereocenters. The van der Waals surface area contributed by atoms with Crippen LogP contribution in [0.25, 0.3) is 0 Å². The van der Waals surface area contributed by atoms with Crippen LogP contribution in [-0.2, 0) is 25.5 Å². The molecule has 1 spiro atoms. The summed E-state index contributed by atoms with van der Waals surface area (Å²) in [7, 11) is -7.54. The normalized spacial score (nSPS) is 17.8. The summed E-state index contributed by atoms with van der Waals surface area (Å²) in [5.41, 5.74) is 0.734. The van der Waals surface area contributed by atoms with Crippen molar-refractivity contribution in [1.82, 2.24) is 4.72 Å². The maximum atomic E-state index is 14.6. The average molecular weight is 538 g/mol. The second-order valence-electron chi connectivity index (χ2n) is 10.9. The van der Waals surface area contributed by atoms with Gasteiger partial charge in [0, 0.05) is 34.4 Å². The smallest absolute Gasteiger partial charge is 0.258 e. The maximum absolute atomic E-state index is 14.6. The van der Waals surface area contributed by atoms with E-state index in [4.69, 9.17) is 0 Å². The number of anilines is 2. The summed E-state index contributed by atoms with van der Waals surface area (Å²) in [6, 6.07) is 8.21. The highest BCUT2D eigenvalue weighted by Crippen LogP contribution is 2.50. The van der Waals surface area contributed by atoms with Crippen LogP contribution in [0.15, 0.2) is 41.3 Å². The number of hydrogen-bond donors (Lipinski definition) is 2. The number of nitrogens with zero attached hydrogens (tertiary/aromatic N) is 1. The minimum absolute atomic E-state index is 0.0681. The van der Waals surface area contributed by atoms with Gasteiger partial charge < -0.3 is 4.90 Å². The van der Waals surface area contributed by atoms with E-state index in [1.807, 2.05) is 0 Å². The lowest BCUT2D eigenvalue weighted by molar-refractivity contribution is 0.0981. The fourth-order valence-corrected chi connectivity index (χ4v) is 7.27. The van der Waals surface area contributed by atoms with Crippen molar-refractivity contribution in [2.24, 2.45) is 0 Å². The van der Waals surface area contributed by atoms with E-state index in [9.17, 15) is 26.0 Å². The average Bonchev–Trinajstić information content (AvgIpc) is 3.03. The molecule has 0 radical (unpaired) electrons. The van der Waals surface area contributed by atoms with Gasteiger partial charge in [0.25, 0.3) is 5.91 Å². The third kappa shape index (κ3) is 5.57. The minimum Gasteiger partial charge on any atom is -0.307 e. The van der Waals surface area contributed by atoms with Crippen LogP contribution in [0.3, 0.4) is 0 Å². The first kappa shape index (κ1) is 26.6. The summed E-state index contributed by atoms with van der Waals surface area (Å²) in [6.07, 6.45) is 5.79. The van der Waals surface area contributed by atoms with Crippen molar-refractivity contribution < 1.29 is 26.0 Å². The molecular weight excluding hydrogens is 505 g/mol. The zero-order valence-electron chi connectivity index (χ0n) is 20.9. The molecule has 1 amide bonds. The van der Waals surface area contributed by atoms with Crippen LogP contribution in [0.4, 0.5) is 15.8 Å². The molecule has 1 heterocycles. The van der Waals surface area contributed by atoms with Crippen molar-refractivity contribution >= 4 is 37.3 Å². The van der Waals surface area contributed by atoms with Gasteiger partial charge in [0.2, 0.25) is 20.0 Å². The molecule has 4 rings (SSSR count). The van der Waals surface area contributed by atoms with Gasteiger partial charge in [0.1, 0.15) is 5.82 Å². The highest BCUT2D eigenvalue weighted by Gasteiger charge is 2.45. The zero-order valence-corrected chi connectivity index (χ0v) is 22.5. The predicted molar refractivity (Wildman–Crippen MR) is 138 cm³/mol. The van der Waals surface area contributed by atoms with Gasteiger partial charge in [0.05, 0.1) is 11.2 Å². The zero-order chi connectivity index (χ0) is 26.5. The lowest BCUT2D eigenvalue weighted by Crippen LogP contribution is -2.40.